The van der Waals surface area contributed by atoms with Gasteiger partial charge in [-0.05, 0) is 18.6 Å². The van der Waals surface area contributed by atoms with Crippen LogP contribution in [-0.4, -0.2) is 30.3 Å². The van der Waals surface area contributed by atoms with Crippen LogP contribution in [-0.2, 0) is 9.53 Å². The molecule has 0 fully saturated rings. The summed E-state index contributed by atoms with van der Waals surface area (Å²) in [5.41, 5.74) is 0.334. The predicted molar refractivity (Wildman–Crippen MR) is 57.7 cm³/mol. The van der Waals surface area contributed by atoms with E-state index in [4.69, 9.17) is 4.74 Å². The number of rotatable bonds is 5. The summed E-state index contributed by atoms with van der Waals surface area (Å²) >= 11 is 0. The highest BCUT2D eigenvalue weighted by molar-refractivity contribution is 5.77. The van der Waals surface area contributed by atoms with Gasteiger partial charge in [-0.25, -0.2) is 4.79 Å². The quantitative estimate of drug-likeness (QED) is 0.823. The first-order valence-electron chi connectivity index (χ1n) is 5.30. The van der Waals surface area contributed by atoms with Crippen molar-refractivity contribution < 1.29 is 22.7 Å². The zero-order chi connectivity index (χ0) is 13.6. The molecule has 1 unspecified atom stereocenters. The lowest BCUT2D eigenvalue weighted by atomic mass is 10.1. The molecule has 0 amide bonds. The van der Waals surface area contributed by atoms with E-state index in [0.717, 1.165) is 0 Å². The minimum atomic E-state index is -4.40. The van der Waals surface area contributed by atoms with Crippen molar-refractivity contribution in [2.75, 3.05) is 13.2 Å². The fraction of sp³-hybridized carbons (Fsp3) is 0.455. The van der Waals surface area contributed by atoms with Gasteiger partial charge >= 0.3 is 12.1 Å². The number of carbonyl (C=O) groups is 1. The van der Waals surface area contributed by atoms with Crippen molar-refractivity contribution in [1.29, 1.82) is 0 Å². The van der Waals surface area contributed by atoms with Gasteiger partial charge in [0, 0.05) is 12.4 Å². The SMILES string of the molecule is CCOC(=O)C(NCC(F)(F)F)c1cccnc1. The van der Waals surface area contributed by atoms with E-state index in [1.807, 2.05) is 0 Å². The zero-order valence-electron chi connectivity index (χ0n) is 9.70. The zero-order valence-corrected chi connectivity index (χ0v) is 9.70. The Bertz CT molecular complexity index is 382. The molecule has 0 aliphatic carbocycles. The number of ether oxygens (including phenoxy) is 1. The molecule has 1 aromatic rings. The lowest BCUT2D eigenvalue weighted by Crippen LogP contribution is -2.37. The molecule has 1 rings (SSSR count). The summed E-state index contributed by atoms with van der Waals surface area (Å²) in [6.07, 6.45) is -1.60. The molecule has 0 aliphatic rings. The number of pyridine rings is 1. The third-order valence-corrected chi connectivity index (χ3v) is 2.05. The molecule has 0 aromatic carbocycles. The minimum Gasteiger partial charge on any atom is -0.465 e. The average molecular weight is 262 g/mol. The summed E-state index contributed by atoms with van der Waals surface area (Å²) in [5, 5.41) is 2.12. The van der Waals surface area contributed by atoms with Crippen molar-refractivity contribution in [3.63, 3.8) is 0 Å². The number of carbonyl (C=O) groups excluding carboxylic acids is 1. The second kappa shape index (κ2) is 6.34. The van der Waals surface area contributed by atoms with E-state index in [1.165, 1.54) is 24.5 Å². The molecule has 100 valence electrons. The largest absolute Gasteiger partial charge is 0.465 e. The summed E-state index contributed by atoms with van der Waals surface area (Å²) in [5.74, 6) is -0.755. The number of hydrogen-bond acceptors (Lipinski definition) is 4. The van der Waals surface area contributed by atoms with E-state index in [9.17, 15) is 18.0 Å². The number of aromatic nitrogens is 1. The van der Waals surface area contributed by atoms with E-state index >= 15 is 0 Å². The van der Waals surface area contributed by atoms with Crippen LogP contribution in [0.2, 0.25) is 0 Å². The number of alkyl halides is 3. The molecular formula is C11H13F3N2O2. The Labute approximate surface area is 102 Å². The van der Waals surface area contributed by atoms with Crippen LogP contribution in [0.5, 0.6) is 0 Å². The first-order valence-corrected chi connectivity index (χ1v) is 5.30. The molecule has 0 saturated heterocycles. The van der Waals surface area contributed by atoms with Crippen molar-refractivity contribution in [1.82, 2.24) is 10.3 Å². The number of halogens is 3. The molecule has 7 heteroatoms. The van der Waals surface area contributed by atoms with Crippen LogP contribution in [0.3, 0.4) is 0 Å². The van der Waals surface area contributed by atoms with E-state index in [-0.39, 0.29) is 6.61 Å². The number of esters is 1. The van der Waals surface area contributed by atoms with E-state index in [2.05, 4.69) is 10.3 Å². The van der Waals surface area contributed by atoms with Crippen molar-refractivity contribution >= 4 is 5.97 Å². The number of nitrogens with one attached hydrogen (secondary N) is 1. The highest BCUT2D eigenvalue weighted by atomic mass is 19.4. The van der Waals surface area contributed by atoms with Crippen molar-refractivity contribution in [3.05, 3.63) is 30.1 Å². The van der Waals surface area contributed by atoms with Crippen molar-refractivity contribution in [2.45, 2.75) is 19.1 Å². The molecule has 0 aliphatic heterocycles. The molecule has 1 N–H and O–H groups in total. The third kappa shape index (κ3) is 4.70. The summed E-state index contributed by atoms with van der Waals surface area (Å²) in [6.45, 7) is 0.413. The molecule has 0 saturated carbocycles. The molecule has 0 bridgehead atoms. The first-order chi connectivity index (χ1) is 8.44. The second-order valence-electron chi connectivity index (χ2n) is 3.47. The van der Waals surface area contributed by atoms with Gasteiger partial charge in [-0.3, -0.25) is 10.3 Å². The molecule has 4 nitrogen and oxygen atoms in total. The van der Waals surface area contributed by atoms with E-state index in [1.54, 1.807) is 6.92 Å². The highest BCUT2D eigenvalue weighted by Crippen LogP contribution is 2.18. The van der Waals surface area contributed by atoms with Crippen LogP contribution in [0.1, 0.15) is 18.5 Å². The van der Waals surface area contributed by atoms with Crippen LogP contribution >= 0.6 is 0 Å². The fourth-order valence-corrected chi connectivity index (χ4v) is 1.33. The summed E-state index contributed by atoms with van der Waals surface area (Å²) in [4.78, 5) is 15.3. The lowest BCUT2D eigenvalue weighted by Gasteiger charge is -2.18. The Morgan fingerprint density at radius 1 is 1.56 bits per heavy atom. The summed E-state index contributed by atoms with van der Waals surface area (Å²) in [6, 6.07) is 1.88. The summed E-state index contributed by atoms with van der Waals surface area (Å²) in [7, 11) is 0. The molecule has 1 aromatic heterocycles. The van der Waals surface area contributed by atoms with Crippen molar-refractivity contribution in [2.24, 2.45) is 0 Å². The van der Waals surface area contributed by atoms with Crippen LogP contribution in [0, 0.1) is 0 Å². The second-order valence-corrected chi connectivity index (χ2v) is 3.47. The maximum Gasteiger partial charge on any atom is 0.401 e. The van der Waals surface area contributed by atoms with Gasteiger partial charge in [0.05, 0.1) is 13.2 Å². The number of hydrogen-bond donors (Lipinski definition) is 1. The van der Waals surface area contributed by atoms with Gasteiger partial charge in [0.25, 0.3) is 0 Å². The minimum absolute atomic E-state index is 0.100. The Balaban J connectivity index is 2.79. The molecular weight excluding hydrogens is 249 g/mol. The van der Waals surface area contributed by atoms with E-state index < -0.39 is 24.7 Å². The van der Waals surface area contributed by atoms with Gasteiger partial charge in [-0.15, -0.1) is 0 Å². The van der Waals surface area contributed by atoms with Gasteiger partial charge in [0.1, 0.15) is 6.04 Å². The summed E-state index contributed by atoms with van der Waals surface area (Å²) < 4.78 is 41.2. The fourth-order valence-electron chi connectivity index (χ4n) is 1.33. The maximum absolute atomic E-state index is 12.2. The maximum atomic E-state index is 12.2. The normalized spacial score (nSPS) is 13.1. The number of nitrogens with zero attached hydrogens (tertiary/aromatic N) is 1. The van der Waals surface area contributed by atoms with Gasteiger partial charge in [0.2, 0.25) is 0 Å². The lowest BCUT2D eigenvalue weighted by molar-refractivity contribution is -0.149. The molecule has 0 spiro atoms. The van der Waals surface area contributed by atoms with Gasteiger partial charge in [-0.2, -0.15) is 13.2 Å². The molecule has 0 radical (unpaired) electrons. The molecule has 1 atom stereocenters. The highest BCUT2D eigenvalue weighted by Gasteiger charge is 2.31. The van der Waals surface area contributed by atoms with Gasteiger partial charge < -0.3 is 4.74 Å². The van der Waals surface area contributed by atoms with Crippen LogP contribution in [0.4, 0.5) is 13.2 Å². The van der Waals surface area contributed by atoms with E-state index in [0.29, 0.717) is 5.56 Å². The van der Waals surface area contributed by atoms with Gasteiger partial charge in [0.15, 0.2) is 0 Å². The predicted octanol–water partition coefficient (Wildman–Crippen LogP) is 1.84. The molecule has 1 heterocycles. The van der Waals surface area contributed by atoms with Crippen molar-refractivity contribution in [3.8, 4) is 0 Å². The first kappa shape index (κ1) is 14.4. The van der Waals surface area contributed by atoms with Crippen LogP contribution < -0.4 is 5.32 Å². The van der Waals surface area contributed by atoms with Crippen LogP contribution in [0.25, 0.3) is 0 Å². The monoisotopic (exact) mass is 262 g/mol. The Morgan fingerprint density at radius 3 is 2.78 bits per heavy atom. The molecule has 18 heavy (non-hydrogen) atoms. The Kier molecular flexibility index (Phi) is 5.08. The Morgan fingerprint density at radius 2 is 2.28 bits per heavy atom. The Hall–Kier alpha value is -1.63. The third-order valence-electron chi connectivity index (χ3n) is 2.05. The average Bonchev–Trinajstić information content (AvgIpc) is 2.29. The smallest absolute Gasteiger partial charge is 0.401 e. The standard InChI is InChI=1S/C11H13F3N2O2/c1-2-18-10(17)9(16-7-11(12,13)14)8-4-3-5-15-6-8/h3-6,9,16H,2,7H2,1H3. The topological polar surface area (TPSA) is 51.2 Å². The van der Waals surface area contributed by atoms with Gasteiger partial charge in [-0.1, -0.05) is 6.07 Å². The van der Waals surface area contributed by atoms with Crippen LogP contribution in [0.15, 0.2) is 24.5 Å².